The molecule has 0 aromatic carbocycles. The second-order valence-electron chi connectivity index (χ2n) is 11.4. The van der Waals surface area contributed by atoms with E-state index in [4.69, 9.17) is 0 Å². The topological polar surface area (TPSA) is 77.8 Å². The molecule has 1 unspecified atom stereocenters. The van der Waals surface area contributed by atoms with Crippen molar-refractivity contribution in [3.05, 3.63) is 24.3 Å². The second kappa shape index (κ2) is 20.6. The lowest BCUT2D eigenvalue weighted by Gasteiger charge is -2.35. The standard InChI is InChI=1S/C29H58NO4P/c1-5-6-7-8-9-10-11-12-13-14-15-16-17-18-19-20-21-22-23-24-25-26-27-29(31,35(32,33)34)28-30(2,3)4/h13-14,18-19,31H,5-12,15-17,20-28H2,1-4H3,(H-,32,33,34)/p+1/b14-13-,19-18-. The number of aliphatic hydroxyl groups is 1. The van der Waals surface area contributed by atoms with Crippen LogP contribution in [-0.2, 0) is 4.57 Å². The van der Waals surface area contributed by atoms with Crippen LogP contribution < -0.4 is 0 Å². The lowest BCUT2D eigenvalue weighted by molar-refractivity contribution is -0.875. The molecule has 0 aliphatic rings. The van der Waals surface area contributed by atoms with Gasteiger partial charge >= 0.3 is 7.60 Å². The van der Waals surface area contributed by atoms with Crippen LogP contribution >= 0.6 is 7.60 Å². The van der Waals surface area contributed by atoms with Crippen LogP contribution in [0, 0.1) is 0 Å². The van der Waals surface area contributed by atoms with Crippen molar-refractivity contribution in [2.24, 2.45) is 0 Å². The SMILES string of the molecule is CCCCCCCCC/C=C\CCC/C=C\CCCCCCCCC(O)(C[N+](C)(C)C)P(=O)(O)O. The first-order valence-electron chi connectivity index (χ1n) is 14.4. The minimum atomic E-state index is -4.55. The Labute approximate surface area is 217 Å². The van der Waals surface area contributed by atoms with Crippen molar-refractivity contribution in [1.29, 1.82) is 0 Å². The number of rotatable bonds is 24. The number of quaternary nitrogens is 1. The smallest absolute Gasteiger partial charge is 0.362 e. The summed E-state index contributed by atoms with van der Waals surface area (Å²) in [4.78, 5) is 19.2. The van der Waals surface area contributed by atoms with Crippen molar-refractivity contribution < 1.29 is 23.9 Å². The van der Waals surface area contributed by atoms with Gasteiger partial charge in [-0.3, -0.25) is 4.57 Å². The lowest BCUT2D eigenvalue weighted by atomic mass is 10.0. The maximum absolute atomic E-state index is 11.8. The summed E-state index contributed by atoms with van der Waals surface area (Å²) in [6, 6.07) is 0. The predicted octanol–water partition coefficient (Wildman–Crippen LogP) is 8.10. The molecular weight excluding hydrogens is 457 g/mol. The molecule has 0 aliphatic heterocycles. The first-order valence-corrected chi connectivity index (χ1v) is 16.0. The number of nitrogens with zero attached hydrogens (tertiary/aromatic N) is 1. The van der Waals surface area contributed by atoms with Crippen molar-refractivity contribution >= 4 is 7.60 Å². The summed E-state index contributed by atoms with van der Waals surface area (Å²) in [5.74, 6) is 0. The molecule has 1 atom stereocenters. The quantitative estimate of drug-likeness (QED) is 0.0524. The third-order valence-electron chi connectivity index (χ3n) is 6.52. The van der Waals surface area contributed by atoms with E-state index in [1.165, 1.54) is 77.0 Å². The van der Waals surface area contributed by atoms with Gasteiger partial charge in [0.1, 0.15) is 6.54 Å². The Morgan fingerprint density at radius 3 is 1.40 bits per heavy atom. The molecule has 0 saturated carbocycles. The molecule has 3 N–H and O–H groups in total. The highest BCUT2D eigenvalue weighted by molar-refractivity contribution is 7.53. The van der Waals surface area contributed by atoms with Crippen LogP contribution in [0.2, 0.25) is 0 Å². The Hall–Kier alpha value is -0.450. The molecule has 35 heavy (non-hydrogen) atoms. The van der Waals surface area contributed by atoms with Crippen molar-refractivity contribution in [1.82, 2.24) is 0 Å². The number of allylic oxidation sites excluding steroid dienone is 4. The Kier molecular flexibility index (Phi) is 20.3. The van der Waals surface area contributed by atoms with Gasteiger partial charge in [-0.1, -0.05) is 95.4 Å². The van der Waals surface area contributed by atoms with Crippen molar-refractivity contribution in [3.8, 4) is 0 Å². The molecule has 0 aromatic rings. The predicted molar refractivity (Wildman–Crippen MR) is 152 cm³/mol. The number of hydrogen-bond donors (Lipinski definition) is 3. The number of unbranched alkanes of at least 4 members (excludes halogenated alkanes) is 15. The summed E-state index contributed by atoms with van der Waals surface area (Å²) in [7, 11) is 0.962. The zero-order valence-electron chi connectivity index (χ0n) is 23.6. The summed E-state index contributed by atoms with van der Waals surface area (Å²) in [6.45, 7) is 2.32. The number of hydrogen-bond acceptors (Lipinski definition) is 2. The molecule has 0 aliphatic carbocycles. The zero-order chi connectivity index (χ0) is 26.5. The molecule has 0 fully saturated rings. The largest absolute Gasteiger partial charge is 0.373 e. The monoisotopic (exact) mass is 516 g/mol. The number of likely N-dealkylation sites (N-methyl/N-ethyl adjacent to an activating group) is 1. The summed E-state index contributed by atoms with van der Waals surface area (Å²) < 4.78 is 12.1. The second-order valence-corrected chi connectivity index (χ2v) is 13.3. The van der Waals surface area contributed by atoms with Crippen molar-refractivity contribution in [3.63, 3.8) is 0 Å². The van der Waals surface area contributed by atoms with Crippen LogP contribution in [0.3, 0.4) is 0 Å². The van der Waals surface area contributed by atoms with Crippen LogP contribution in [0.5, 0.6) is 0 Å². The maximum atomic E-state index is 11.8. The molecule has 6 heteroatoms. The molecule has 5 nitrogen and oxygen atoms in total. The fourth-order valence-corrected chi connectivity index (χ4v) is 5.56. The van der Waals surface area contributed by atoms with Crippen LogP contribution in [0.25, 0.3) is 0 Å². The first-order chi connectivity index (χ1) is 16.5. The van der Waals surface area contributed by atoms with E-state index in [0.717, 1.165) is 32.1 Å². The van der Waals surface area contributed by atoms with Gasteiger partial charge in [0.05, 0.1) is 21.1 Å². The van der Waals surface area contributed by atoms with Gasteiger partial charge in [0.15, 0.2) is 0 Å². The van der Waals surface area contributed by atoms with E-state index < -0.39 is 12.9 Å². The van der Waals surface area contributed by atoms with E-state index >= 15 is 0 Å². The van der Waals surface area contributed by atoms with Gasteiger partial charge in [-0.25, -0.2) is 0 Å². The van der Waals surface area contributed by atoms with E-state index in [1.54, 1.807) is 0 Å². The van der Waals surface area contributed by atoms with E-state index in [1.807, 2.05) is 21.1 Å². The lowest BCUT2D eigenvalue weighted by Crippen LogP contribution is -2.49. The highest BCUT2D eigenvalue weighted by Crippen LogP contribution is 2.52. The van der Waals surface area contributed by atoms with Crippen LogP contribution in [0.1, 0.15) is 129 Å². The minimum Gasteiger partial charge on any atom is -0.373 e. The molecular formula is C29H59NO4P+. The fourth-order valence-electron chi connectivity index (χ4n) is 4.50. The van der Waals surface area contributed by atoms with Gasteiger partial charge < -0.3 is 19.4 Å². The molecule has 208 valence electrons. The van der Waals surface area contributed by atoms with Crippen molar-refractivity contribution in [2.45, 2.75) is 134 Å². The third kappa shape index (κ3) is 21.4. The molecule has 0 spiro atoms. The fraction of sp³-hybridized carbons (Fsp3) is 0.862. The van der Waals surface area contributed by atoms with Crippen molar-refractivity contribution in [2.75, 3.05) is 27.7 Å². The molecule has 0 radical (unpaired) electrons. The zero-order valence-corrected chi connectivity index (χ0v) is 24.5. The molecule has 0 heterocycles. The maximum Gasteiger partial charge on any atom is 0.362 e. The first kappa shape index (κ1) is 34.6. The minimum absolute atomic E-state index is 0.0547. The summed E-state index contributed by atoms with van der Waals surface area (Å²) in [5, 5.41) is 8.64. The molecule has 0 aromatic heterocycles. The third-order valence-corrected chi connectivity index (χ3v) is 7.97. The van der Waals surface area contributed by atoms with Gasteiger partial charge in [-0.05, 0) is 57.8 Å². The average molecular weight is 517 g/mol. The summed E-state index contributed by atoms with van der Waals surface area (Å²) in [6.07, 6.45) is 31.3. The highest BCUT2D eigenvalue weighted by atomic mass is 31.2. The van der Waals surface area contributed by atoms with Gasteiger partial charge in [0, 0.05) is 0 Å². The highest BCUT2D eigenvalue weighted by Gasteiger charge is 2.48. The Bertz CT molecular complexity index is 594. The summed E-state index contributed by atoms with van der Waals surface area (Å²) >= 11 is 0. The summed E-state index contributed by atoms with van der Waals surface area (Å²) in [5.41, 5.74) is 0. The van der Waals surface area contributed by atoms with E-state index in [0.29, 0.717) is 10.9 Å². The van der Waals surface area contributed by atoms with Crippen LogP contribution in [0.4, 0.5) is 0 Å². The average Bonchev–Trinajstić information content (AvgIpc) is 2.75. The molecule has 0 rings (SSSR count). The molecule has 0 amide bonds. The normalized spacial score (nSPS) is 14.8. The Morgan fingerprint density at radius 2 is 1.00 bits per heavy atom. The molecule has 0 saturated heterocycles. The Morgan fingerprint density at radius 1 is 0.629 bits per heavy atom. The Balaban J connectivity index is 3.60. The van der Waals surface area contributed by atoms with Crippen LogP contribution in [-0.4, -0.2) is 52.4 Å². The molecule has 0 bridgehead atoms. The van der Waals surface area contributed by atoms with Gasteiger partial charge in [-0.2, -0.15) is 0 Å². The van der Waals surface area contributed by atoms with E-state index in [9.17, 15) is 19.5 Å². The van der Waals surface area contributed by atoms with Gasteiger partial charge in [-0.15, -0.1) is 0 Å². The van der Waals surface area contributed by atoms with Gasteiger partial charge in [0.2, 0.25) is 5.34 Å². The van der Waals surface area contributed by atoms with Crippen LogP contribution in [0.15, 0.2) is 24.3 Å². The van der Waals surface area contributed by atoms with Gasteiger partial charge in [0.25, 0.3) is 0 Å². The van der Waals surface area contributed by atoms with E-state index in [-0.39, 0.29) is 13.0 Å². The van der Waals surface area contributed by atoms with E-state index in [2.05, 4.69) is 31.2 Å².